The van der Waals surface area contributed by atoms with E-state index in [9.17, 15) is 9.59 Å². The third-order valence-corrected chi connectivity index (χ3v) is 2.78. The fraction of sp³-hybridized carbons (Fsp3) is 0.818. The van der Waals surface area contributed by atoms with E-state index in [4.69, 9.17) is 9.47 Å². The van der Waals surface area contributed by atoms with E-state index in [1.807, 2.05) is 20.8 Å². The van der Waals surface area contributed by atoms with Crippen LogP contribution in [0, 0.1) is 5.92 Å². The number of fused-ring (bicyclic) bond motifs is 1. The summed E-state index contributed by atoms with van der Waals surface area (Å²) < 4.78 is 10.2. The molecule has 0 saturated carbocycles. The fourth-order valence-corrected chi connectivity index (χ4v) is 1.96. The number of carbonyl (C=O) groups is 2. The summed E-state index contributed by atoms with van der Waals surface area (Å²) >= 11 is 0. The molecule has 1 amide bonds. The van der Waals surface area contributed by atoms with Crippen LogP contribution in [-0.4, -0.2) is 41.8 Å². The van der Waals surface area contributed by atoms with E-state index in [0.717, 1.165) is 0 Å². The van der Waals surface area contributed by atoms with Gasteiger partial charge < -0.3 is 14.4 Å². The standard InChI is InChI=1S/C11H17NO4/c1-11(2,3)16-10(14)12-5-4-7-8(6-12)15-9(7)13/h7-8H,4-6H2,1-3H3. The van der Waals surface area contributed by atoms with Crippen LogP contribution in [0.5, 0.6) is 0 Å². The van der Waals surface area contributed by atoms with Crippen molar-refractivity contribution in [3.05, 3.63) is 0 Å². The van der Waals surface area contributed by atoms with Crippen molar-refractivity contribution < 1.29 is 19.1 Å². The second-order valence-corrected chi connectivity index (χ2v) is 5.30. The summed E-state index contributed by atoms with van der Waals surface area (Å²) in [6, 6.07) is 0. The highest BCUT2D eigenvalue weighted by molar-refractivity contribution is 5.79. The highest BCUT2D eigenvalue weighted by Gasteiger charge is 2.47. The Morgan fingerprint density at radius 3 is 2.69 bits per heavy atom. The van der Waals surface area contributed by atoms with E-state index < -0.39 is 5.60 Å². The first-order valence-electron chi connectivity index (χ1n) is 5.55. The normalized spacial score (nSPS) is 28.9. The average molecular weight is 227 g/mol. The van der Waals surface area contributed by atoms with Gasteiger partial charge in [0, 0.05) is 6.54 Å². The lowest BCUT2D eigenvalue weighted by Crippen LogP contribution is -2.58. The molecule has 2 saturated heterocycles. The van der Waals surface area contributed by atoms with E-state index in [0.29, 0.717) is 19.5 Å². The highest BCUT2D eigenvalue weighted by Crippen LogP contribution is 2.31. The van der Waals surface area contributed by atoms with Gasteiger partial charge in [-0.05, 0) is 27.2 Å². The monoisotopic (exact) mass is 227 g/mol. The quantitative estimate of drug-likeness (QED) is 0.583. The van der Waals surface area contributed by atoms with Gasteiger partial charge in [0.2, 0.25) is 0 Å². The summed E-state index contributed by atoms with van der Waals surface area (Å²) in [4.78, 5) is 24.4. The number of carbonyl (C=O) groups excluding carboxylic acids is 2. The molecule has 5 nitrogen and oxygen atoms in total. The number of rotatable bonds is 0. The van der Waals surface area contributed by atoms with Crippen molar-refractivity contribution in [3.8, 4) is 0 Å². The van der Waals surface area contributed by atoms with Gasteiger partial charge in [-0.3, -0.25) is 4.79 Å². The van der Waals surface area contributed by atoms with Crippen molar-refractivity contribution >= 4 is 12.1 Å². The number of hydrogen-bond donors (Lipinski definition) is 0. The lowest BCUT2D eigenvalue weighted by atomic mass is 9.89. The summed E-state index contributed by atoms with van der Waals surface area (Å²) in [5.41, 5.74) is -0.482. The molecule has 0 aliphatic carbocycles. The number of piperidine rings is 1. The molecule has 0 aromatic heterocycles. The minimum atomic E-state index is -0.482. The van der Waals surface area contributed by atoms with Gasteiger partial charge in [-0.25, -0.2) is 4.79 Å². The first-order valence-corrected chi connectivity index (χ1v) is 5.55. The molecule has 16 heavy (non-hydrogen) atoms. The Balaban J connectivity index is 1.88. The van der Waals surface area contributed by atoms with Gasteiger partial charge >= 0.3 is 12.1 Å². The molecule has 2 heterocycles. The van der Waals surface area contributed by atoms with Gasteiger partial charge in [-0.1, -0.05) is 0 Å². The molecule has 0 bridgehead atoms. The van der Waals surface area contributed by atoms with E-state index in [-0.39, 0.29) is 24.1 Å². The van der Waals surface area contributed by atoms with E-state index >= 15 is 0 Å². The molecule has 0 aromatic rings. The lowest BCUT2D eigenvalue weighted by molar-refractivity contribution is -0.192. The lowest BCUT2D eigenvalue weighted by Gasteiger charge is -2.43. The second kappa shape index (κ2) is 3.64. The van der Waals surface area contributed by atoms with Crippen LogP contribution >= 0.6 is 0 Å². The maximum absolute atomic E-state index is 11.7. The molecule has 2 atom stereocenters. The Labute approximate surface area is 94.7 Å². The van der Waals surface area contributed by atoms with Crippen LogP contribution < -0.4 is 0 Å². The summed E-state index contributed by atoms with van der Waals surface area (Å²) in [6.45, 7) is 6.54. The van der Waals surface area contributed by atoms with Crippen molar-refractivity contribution in [2.24, 2.45) is 5.92 Å². The van der Waals surface area contributed by atoms with Gasteiger partial charge in [0.25, 0.3) is 0 Å². The number of likely N-dealkylation sites (tertiary alicyclic amines) is 1. The van der Waals surface area contributed by atoms with E-state index in [1.54, 1.807) is 4.90 Å². The number of esters is 1. The predicted molar refractivity (Wildman–Crippen MR) is 55.8 cm³/mol. The molecule has 2 fully saturated rings. The summed E-state index contributed by atoms with van der Waals surface area (Å²) in [7, 11) is 0. The van der Waals surface area contributed by atoms with Crippen molar-refractivity contribution in [2.75, 3.05) is 13.1 Å². The van der Waals surface area contributed by atoms with Gasteiger partial charge in [-0.2, -0.15) is 0 Å². The van der Waals surface area contributed by atoms with Crippen LogP contribution in [0.4, 0.5) is 4.79 Å². The van der Waals surface area contributed by atoms with Gasteiger partial charge in [0.05, 0.1) is 12.5 Å². The molecule has 2 aliphatic rings. The zero-order valence-corrected chi connectivity index (χ0v) is 9.86. The van der Waals surface area contributed by atoms with Gasteiger partial charge in [0.1, 0.15) is 11.7 Å². The molecule has 2 aliphatic heterocycles. The summed E-state index contributed by atoms with van der Waals surface area (Å²) in [5.74, 6) is -0.132. The molecule has 0 N–H and O–H groups in total. The number of hydrogen-bond acceptors (Lipinski definition) is 4. The molecule has 5 heteroatoms. The third kappa shape index (κ3) is 2.13. The van der Waals surface area contributed by atoms with Crippen LogP contribution in [-0.2, 0) is 14.3 Å². The molecular formula is C11H17NO4. The Morgan fingerprint density at radius 1 is 1.50 bits per heavy atom. The van der Waals surface area contributed by atoms with E-state index in [2.05, 4.69) is 0 Å². The minimum absolute atomic E-state index is 0.00122. The van der Waals surface area contributed by atoms with Crippen LogP contribution in [0.1, 0.15) is 27.2 Å². The Morgan fingerprint density at radius 2 is 2.19 bits per heavy atom. The number of amides is 1. The highest BCUT2D eigenvalue weighted by atomic mass is 16.6. The first kappa shape index (κ1) is 11.2. The van der Waals surface area contributed by atoms with E-state index in [1.165, 1.54) is 0 Å². The summed E-state index contributed by atoms with van der Waals surface area (Å²) in [5, 5.41) is 0. The SMILES string of the molecule is CC(C)(C)OC(=O)N1CCC2C(=O)OC2C1. The third-order valence-electron chi connectivity index (χ3n) is 2.78. The molecule has 90 valence electrons. The van der Waals surface area contributed by atoms with Crippen molar-refractivity contribution in [2.45, 2.75) is 38.9 Å². The van der Waals surface area contributed by atoms with Crippen molar-refractivity contribution in [1.29, 1.82) is 0 Å². The average Bonchev–Trinajstić information content (AvgIpc) is 2.12. The fourth-order valence-electron chi connectivity index (χ4n) is 1.96. The molecular weight excluding hydrogens is 210 g/mol. The Bertz CT molecular complexity index is 320. The smallest absolute Gasteiger partial charge is 0.410 e. The predicted octanol–water partition coefficient (Wildman–Crippen LogP) is 1.17. The Kier molecular flexibility index (Phi) is 2.56. The summed E-state index contributed by atoms with van der Waals surface area (Å²) in [6.07, 6.45) is 0.241. The molecule has 2 rings (SSSR count). The number of ether oxygens (including phenoxy) is 2. The molecule has 0 radical (unpaired) electrons. The van der Waals surface area contributed by atoms with Crippen molar-refractivity contribution in [3.63, 3.8) is 0 Å². The van der Waals surface area contributed by atoms with Crippen LogP contribution in [0.3, 0.4) is 0 Å². The molecule has 0 aromatic carbocycles. The second-order valence-electron chi connectivity index (χ2n) is 5.30. The van der Waals surface area contributed by atoms with Crippen LogP contribution in [0.15, 0.2) is 0 Å². The topological polar surface area (TPSA) is 55.8 Å². The molecule has 2 unspecified atom stereocenters. The Hall–Kier alpha value is -1.26. The first-order chi connectivity index (χ1) is 7.37. The van der Waals surface area contributed by atoms with Crippen LogP contribution in [0.25, 0.3) is 0 Å². The van der Waals surface area contributed by atoms with Gasteiger partial charge in [-0.15, -0.1) is 0 Å². The van der Waals surface area contributed by atoms with Gasteiger partial charge in [0.15, 0.2) is 0 Å². The maximum Gasteiger partial charge on any atom is 0.410 e. The zero-order chi connectivity index (χ0) is 11.9. The number of nitrogens with zero attached hydrogens (tertiary/aromatic N) is 1. The molecule has 0 spiro atoms. The maximum atomic E-state index is 11.7. The van der Waals surface area contributed by atoms with Crippen molar-refractivity contribution in [1.82, 2.24) is 4.90 Å². The largest absolute Gasteiger partial charge is 0.459 e. The minimum Gasteiger partial charge on any atom is -0.459 e. The van der Waals surface area contributed by atoms with Crippen LogP contribution in [0.2, 0.25) is 0 Å². The zero-order valence-electron chi connectivity index (χ0n) is 9.86.